The maximum absolute atomic E-state index is 13.4. The average Bonchev–Trinajstić information content (AvgIpc) is 3.19. The number of furan rings is 1. The molecule has 1 aliphatic heterocycles. The van der Waals surface area contributed by atoms with E-state index in [9.17, 15) is 10.1 Å². The topological polar surface area (TPSA) is 107 Å². The minimum absolute atomic E-state index is 0.0183. The molecule has 4 rings (SSSR count). The zero-order valence-corrected chi connectivity index (χ0v) is 14.5. The third kappa shape index (κ3) is 2.77. The van der Waals surface area contributed by atoms with Gasteiger partial charge >= 0.3 is 0 Å². The third-order valence-corrected chi connectivity index (χ3v) is 4.58. The summed E-state index contributed by atoms with van der Waals surface area (Å²) >= 11 is 0. The monoisotopic (exact) mass is 360 g/mol. The fraction of sp³-hybridized carbons (Fsp3) is 0.150. The first-order valence-electron chi connectivity index (χ1n) is 8.34. The maximum Gasteiger partial charge on any atom is 0.259 e. The van der Waals surface area contributed by atoms with Gasteiger partial charge in [0.15, 0.2) is 0 Å². The molecular formula is C20H16N4O3. The van der Waals surface area contributed by atoms with E-state index < -0.39 is 5.92 Å². The Morgan fingerprint density at radius 3 is 2.89 bits per heavy atom. The first kappa shape index (κ1) is 16.7. The van der Waals surface area contributed by atoms with Crippen LogP contribution in [-0.2, 0) is 6.54 Å². The Labute approximate surface area is 154 Å². The van der Waals surface area contributed by atoms with E-state index in [0.717, 1.165) is 5.56 Å². The highest BCUT2D eigenvalue weighted by Gasteiger charge is 2.36. The largest absolute Gasteiger partial charge is 0.468 e. The highest BCUT2D eigenvalue weighted by Crippen LogP contribution is 2.40. The Bertz CT molecular complexity index is 1120. The second-order valence-corrected chi connectivity index (χ2v) is 6.26. The van der Waals surface area contributed by atoms with E-state index in [-0.39, 0.29) is 17.0 Å². The van der Waals surface area contributed by atoms with Crippen LogP contribution in [0.4, 0.5) is 0 Å². The van der Waals surface area contributed by atoms with Crippen LogP contribution in [-0.4, -0.2) is 9.55 Å². The van der Waals surface area contributed by atoms with E-state index in [1.165, 1.54) is 6.26 Å². The van der Waals surface area contributed by atoms with Crippen LogP contribution < -0.4 is 16.0 Å². The normalized spacial score (nSPS) is 15.8. The lowest BCUT2D eigenvalue weighted by Crippen LogP contribution is -2.32. The van der Waals surface area contributed by atoms with Gasteiger partial charge in [0, 0.05) is 24.2 Å². The minimum Gasteiger partial charge on any atom is -0.468 e. The van der Waals surface area contributed by atoms with Gasteiger partial charge < -0.3 is 19.5 Å². The van der Waals surface area contributed by atoms with Crippen LogP contribution in [0.25, 0.3) is 0 Å². The van der Waals surface area contributed by atoms with E-state index in [1.807, 2.05) is 19.1 Å². The van der Waals surface area contributed by atoms with Crippen molar-refractivity contribution in [3.05, 3.63) is 93.4 Å². The summed E-state index contributed by atoms with van der Waals surface area (Å²) in [6.07, 6.45) is 4.89. The van der Waals surface area contributed by atoms with E-state index >= 15 is 0 Å². The number of aromatic nitrogens is 2. The number of fused-ring (bicyclic) bond motifs is 1. The minimum atomic E-state index is -0.706. The molecule has 27 heavy (non-hydrogen) atoms. The molecule has 4 heterocycles. The van der Waals surface area contributed by atoms with Crippen molar-refractivity contribution in [3.63, 3.8) is 0 Å². The number of nitrogens with zero attached hydrogens (tertiary/aromatic N) is 3. The molecule has 1 atom stereocenters. The summed E-state index contributed by atoms with van der Waals surface area (Å²) in [6, 6.07) is 11.0. The zero-order valence-electron chi connectivity index (χ0n) is 14.5. The number of hydrogen-bond acceptors (Lipinski definition) is 6. The van der Waals surface area contributed by atoms with Crippen LogP contribution in [0.5, 0.6) is 5.75 Å². The van der Waals surface area contributed by atoms with Crippen molar-refractivity contribution in [2.24, 2.45) is 5.73 Å². The zero-order chi connectivity index (χ0) is 19.0. The SMILES string of the molecule is Cc1cc2c(c(=O)n1Cc1cccnc1)[C@H](c1ccco1)C(C#N)=C(N)O2. The van der Waals surface area contributed by atoms with Crippen molar-refractivity contribution < 1.29 is 9.15 Å². The number of aryl methyl sites for hydroxylation is 1. The lowest BCUT2D eigenvalue weighted by molar-refractivity contribution is 0.379. The molecule has 1 aliphatic rings. The number of nitriles is 1. The number of nitrogens with two attached hydrogens (primary N) is 1. The van der Waals surface area contributed by atoms with Gasteiger partial charge in [-0.25, -0.2) is 0 Å². The number of allylic oxidation sites excluding steroid dienone is 1. The lowest BCUT2D eigenvalue weighted by atomic mass is 9.88. The molecule has 134 valence electrons. The summed E-state index contributed by atoms with van der Waals surface area (Å²) < 4.78 is 12.7. The summed E-state index contributed by atoms with van der Waals surface area (Å²) in [4.78, 5) is 17.5. The van der Waals surface area contributed by atoms with Gasteiger partial charge in [0.05, 0.1) is 24.3 Å². The van der Waals surface area contributed by atoms with Crippen LogP contribution in [0.2, 0.25) is 0 Å². The van der Waals surface area contributed by atoms with Gasteiger partial charge in [-0.1, -0.05) is 6.07 Å². The van der Waals surface area contributed by atoms with E-state index in [4.69, 9.17) is 14.9 Å². The number of pyridine rings is 2. The van der Waals surface area contributed by atoms with Crippen molar-refractivity contribution in [2.45, 2.75) is 19.4 Å². The van der Waals surface area contributed by atoms with Crippen LogP contribution in [0.1, 0.15) is 28.5 Å². The van der Waals surface area contributed by atoms with Crippen molar-refractivity contribution in [1.82, 2.24) is 9.55 Å². The number of ether oxygens (including phenoxy) is 1. The Balaban J connectivity index is 1.92. The Morgan fingerprint density at radius 1 is 1.37 bits per heavy atom. The molecule has 2 N–H and O–H groups in total. The molecule has 7 heteroatoms. The molecule has 0 aromatic carbocycles. The van der Waals surface area contributed by atoms with Crippen molar-refractivity contribution >= 4 is 0 Å². The molecule has 3 aromatic rings. The third-order valence-electron chi connectivity index (χ3n) is 4.58. The molecule has 0 radical (unpaired) electrons. The average molecular weight is 360 g/mol. The second-order valence-electron chi connectivity index (χ2n) is 6.26. The van der Waals surface area contributed by atoms with E-state index in [0.29, 0.717) is 29.3 Å². The van der Waals surface area contributed by atoms with E-state index in [2.05, 4.69) is 11.1 Å². The van der Waals surface area contributed by atoms with Gasteiger partial charge in [-0.3, -0.25) is 9.78 Å². The molecule has 0 unspecified atom stereocenters. The molecule has 3 aromatic heterocycles. The van der Waals surface area contributed by atoms with Gasteiger partial charge in [0.2, 0.25) is 5.88 Å². The molecule has 0 aliphatic carbocycles. The summed E-state index contributed by atoms with van der Waals surface area (Å²) in [5, 5.41) is 9.58. The first-order chi connectivity index (χ1) is 13.1. The predicted molar refractivity (Wildman–Crippen MR) is 96.8 cm³/mol. The molecule has 0 fully saturated rings. The van der Waals surface area contributed by atoms with Crippen molar-refractivity contribution in [3.8, 4) is 11.8 Å². The fourth-order valence-electron chi connectivity index (χ4n) is 3.30. The lowest BCUT2D eigenvalue weighted by Gasteiger charge is -2.26. The molecular weight excluding hydrogens is 344 g/mol. The molecule has 0 bridgehead atoms. The fourth-order valence-corrected chi connectivity index (χ4v) is 3.30. The van der Waals surface area contributed by atoms with Crippen LogP contribution >= 0.6 is 0 Å². The van der Waals surface area contributed by atoms with Crippen LogP contribution in [0.3, 0.4) is 0 Å². The first-order valence-corrected chi connectivity index (χ1v) is 8.34. The van der Waals surface area contributed by atoms with Gasteiger partial charge in [0.25, 0.3) is 5.56 Å². The molecule has 0 saturated carbocycles. The van der Waals surface area contributed by atoms with Crippen LogP contribution in [0.15, 0.2) is 69.7 Å². The second kappa shape index (κ2) is 6.50. The highest BCUT2D eigenvalue weighted by molar-refractivity contribution is 5.53. The smallest absolute Gasteiger partial charge is 0.259 e. The van der Waals surface area contributed by atoms with E-state index in [1.54, 1.807) is 35.2 Å². The molecule has 0 amide bonds. The van der Waals surface area contributed by atoms with Crippen molar-refractivity contribution in [2.75, 3.05) is 0 Å². The van der Waals surface area contributed by atoms with Crippen molar-refractivity contribution in [1.29, 1.82) is 5.26 Å². The Morgan fingerprint density at radius 2 is 2.22 bits per heavy atom. The van der Waals surface area contributed by atoms with Gasteiger partial charge in [-0.2, -0.15) is 5.26 Å². The quantitative estimate of drug-likeness (QED) is 0.768. The molecule has 0 saturated heterocycles. The van der Waals surface area contributed by atoms with Crippen LogP contribution in [0, 0.1) is 18.3 Å². The number of hydrogen-bond donors (Lipinski definition) is 1. The van der Waals surface area contributed by atoms with Gasteiger partial charge in [-0.05, 0) is 30.7 Å². The van der Waals surface area contributed by atoms with Gasteiger partial charge in [0.1, 0.15) is 23.2 Å². The summed E-state index contributed by atoms with van der Waals surface area (Å²) in [5.41, 5.74) is 7.79. The maximum atomic E-state index is 13.4. The van der Waals surface area contributed by atoms with Gasteiger partial charge in [-0.15, -0.1) is 0 Å². The molecule has 7 nitrogen and oxygen atoms in total. The Kier molecular flexibility index (Phi) is 4.01. The Hall–Kier alpha value is -3.79. The highest BCUT2D eigenvalue weighted by atomic mass is 16.5. The summed E-state index contributed by atoms with van der Waals surface area (Å²) in [5.74, 6) is 0.0861. The summed E-state index contributed by atoms with van der Waals surface area (Å²) in [6.45, 7) is 2.18. The molecule has 0 spiro atoms. The standard InChI is InChI=1S/C20H16N4O3/c1-12-8-16-18(20(25)24(12)11-13-4-2-6-23-10-13)17(15-5-3-7-26-15)14(9-21)19(22)27-16/h2-8,10,17H,11,22H2,1H3/t17-/m0/s1. The predicted octanol–water partition coefficient (Wildman–Crippen LogP) is 2.41. The summed E-state index contributed by atoms with van der Waals surface area (Å²) in [7, 11) is 0. The number of rotatable bonds is 3.